The first-order valence-electron chi connectivity index (χ1n) is 7.10. The van der Waals surface area contributed by atoms with E-state index in [0.29, 0.717) is 18.6 Å². The van der Waals surface area contributed by atoms with Crippen LogP contribution < -0.4 is 0 Å². The number of alkyl halides is 1. The molecule has 0 radical (unpaired) electrons. The second-order valence-corrected chi connectivity index (χ2v) is 5.31. The first-order chi connectivity index (χ1) is 9.33. The summed E-state index contributed by atoms with van der Waals surface area (Å²) in [6.07, 6.45) is 5.28. The number of hydrogen-bond donors (Lipinski definition) is 0. The van der Waals surface area contributed by atoms with E-state index in [0.717, 1.165) is 51.3 Å². The van der Waals surface area contributed by atoms with Gasteiger partial charge in [0.25, 0.3) is 0 Å². The lowest BCUT2D eigenvalue weighted by atomic mass is 10.1. The minimum absolute atomic E-state index is 0.378. The molecule has 6 heteroatoms. The van der Waals surface area contributed by atoms with Crippen molar-refractivity contribution in [3.63, 3.8) is 0 Å². The lowest BCUT2D eigenvalue weighted by Crippen LogP contribution is -2.37. The fourth-order valence-corrected chi connectivity index (χ4v) is 2.54. The van der Waals surface area contributed by atoms with Crippen LogP contribution in [-0.2, 0) is 17.8 Å². The Morgan fingerprint density at radius 2 is 2.21 bits per heavy atom. The molecule has 1 aromatic rings. The highest BCUT2D eigenvalue weighted by molar-refractivity contribution is 6.17. The Kier molecular flexibility index (Phi) is 6.07. The zero-order valence-electron chi connectivity index (χ0n) is 11.6. The van der Waals surface area contributed by atoms with Gasteiger partial charge in [0.1, 0.15) is 12.2 Å². The molecule has 1 aromatic heterocycles. The molecule has 108 valence electrons. The largest absolute Gasteiger partial charge is 0.377 e. The number of ether oxygens (including phenoxy) is 1. The van der Waals surface area contributed by atoms with Crippen molar-refractivity contribution >= 4 is 11.6 Å². The molecule has 19 heavy (non-hydrogen) atoms. The lowest BCUT2D eigenvalue weighted by molar-refractivity contribution is 0.0126. The molecule has 1 saturated heterocycles. The molecule has 5 nitrogen and oxygen atoms in total. The van der Waals surface area contributed by atoms with Gasteiger partial charge in [0.05, 0.1) is 19.3 Å². The summed E-state index contributed by atoms with van der Waals surface area (Å²) >= 11 is 5.64. The van der Waals surface area contributed by atoms with E-state index in [1.165, 1.54) is 0 Å². The number of rotatable bonds is 7. The summed E-state index contributed by atoms with van der Waals surface area (Å²) in [5.41, 5.74) is 0. The van der Waals surface area contributed by atoms with E-state index < -0.39 is 0 Å². The van der Waals surface area contributed by atoms with Gasteiger partial charge in [-0.25, -0.2) is 9.67 Å². The molecule has 0 saturated carbocycles. The zero-order chi connectivity index (χ0) is 13.5. The van der Waals surface area contributed by atoms with Gasteiger partial charge >= 0.3 is 0 Å². The molecule has 0 N–H and O–H groups in total. The number of aromatic nitrogens is 3. The third-order valence-corrected chi connectivity index (χ3v) is 3.62. The third-order valence-electron chi connectivity index (χ3n) is 3.46. The van der Waals surface area contributed by atoms with Gasteiger partial charge in [0.15, 0.2) is 0 Å². The van der Waals surface area contributed by atoms with Crippen LogP contribution in [0.5, 0.6) is 0 Å². The smallest absolute Gasteiger partial charge is 0.141 e. The fourth-order valence-electron chi connectivity index (χ4n) is 2.45. The Morgan fingerprint density at radius 3 is 2.89 bits per heavy atom. The summed E-state index contributed by atoms with van der Waals surface area (Å²) in [6, 6.07) is 0. The predicted molar refractivity (Wildman–Crippen MR) is 75.3 cm³/mol. The summed E-state index contributed by atoms with van der Waals surface area (Å²) in [7, 11) is 0. The minimum Gasteiger partial charge on any atom is -0.377 e. The third kappa shape index (κ3) is 4.44. The van der Waals surface area contributed by atoms with Crippen LogP contribution in [0.4, 0.5) is 0 Å². The SMILES string of the molecule is CCCn1ncnc1CN1CCC(OCCCl)CC1. The second-order valence-electron chi connectivity index (χ2n) is 4.93. The highest BCUT2D eigenvalue weighted by Gasteiger charge is 2.20. The van der Waals surface area contributed by atoms with Crippen LogP contribution in [0.15, 0.2) is 6.33 Å². The maximum atomic E-state index is 5.69. The quantitative estimate of drug-likeness (QED) is 0.718. The monoisotopic (exact) mass is 286 g/mol. The standard InChI is InChI=1S/C13H23ClN4O/c1-2-6-18-13(15-11-16-18)10-17-7-3-12(4-8-17)19-9-5-14/h11-12H,2-10H2,1H3. The van der Waals surface area contributed by atoms with E-state index in [-0.39, 0.29) is 0 Å². The molecule has 0 bridgehead atoms. The molecule has 1 aliphatic rings. The molecule has 0 aromatic carbocycles. The minimum atomic E-state index is 0.378. The molecule has 1 fully saturated rings. The van der Waals surface area contributed by atoms with Gasteiger partial charge in [-0.3, -0.25) is 4.90 Å². The number of nitrogens with zero attached hydrogens (tertiary/aromatic N) is 4. The van der Waals surface area contributed by atoms with Crippen molar-refractivity contribution in [1.82, 2.24) is 19.7 Å². The van der Waals surface area contributed by atoms with Crippen LogP contribution >= 0.6 is 11.6 Å². The van der Waals surface area contributed by atoms with E-state index in [4.69, 9.17) is 16.3 Å². The topological polar surface area (TPSA) is 43.2 Å². The average molecular weight is 287 g/mol. The molecular formula is C13H23ClN4O. The van der Waals surface area contributed by atoms with E-state index in [1.54, 1.807) is 6.33 Å². The van der Waals surface area contributed by atoms with Gasteiger partial charge in [0, 0.05) is 25.5 Å². The average Bonchev–Trinajstić information content (AvgIpc) is 2.86. The van der Waals surface area contributed by atoms with Gasteiger partial charge in [-0.15, -0.1) is 11.6 Å². The van der Waals surface area contributed by atoms with Crippen molar-refractivity contribution in [2.24, 2.45) is 0 Å². The van der Waals surface area contributed by atoms with E-state index in [2.05, 4.69) is 21.9 Å². The molecule has 0 spiro atoms. The molecule has 2 heterocycles. The summed E-state index contributed by atoms with van der Waals surface area (Å²) in [4.78, 5) is 6.79. The van der Waals surface area contributed by atoms with Crippen molar-refractivity contribution in [3.05, 3.63) is 12.2 Å². The number of hydrogen-bond acceptors (Lipinski definition) is 4. The summed E-state index contributed by atoms with van der Waals surface area (Å²) in [6.45, 7) is 6.78. The molecule has 0 amide bonds. The van der Waals surface area contributed by atoms with Gasteiger partial charge < -0.3 is 4.74 Å². The van der Waals surface area contributed by atoms with Crippen molar-refractivity contribution < 1.29 is 4.74 Å². The lowest BCUT2D eigenvalue weighted by Gasteiger charge is -2.31. The van der Waals surface area contributed by atoms with Crippen molar-refractivity contribution in [2.45, 2.75) is 45.4 Å². The number of likely N-dealkylation sites (tertiary alicyclic amines) is 1. The van der Waals surface area contributed by atoms with E-state index in [1.807, 2.05) is 4.68 Å². The molecule has 0 unspecified atom stereocenters. The summed E-state index contributed by atoms with van der Waals surface area (Å²) in [5, 5.41) is 4.27. The molecular weight excluding hydrogens is 264 g/mol. The highest BCUT2D eigenvalue weighted by atomic mass is 35.5. The van der Waals surface area contributed by atoms with Crippen LogP contribution in [0.3, 0.4) is 0 Å². The maximum absolute atomic E-state index is 5.69. The predicted octanol–water partition coefficient (Wildman–Crippen LogP) is 1.91. The van der Waals surface area contributed by atoms with Gasteiger partial charge in [-0.1, -0.05) is 6.92 Å². The normalized spacial score (nSPS) is 18.0. The summed E-state index contributed by atoms with van der Waals surface area (Å²) < 4.78 is 7.70. The number of halogens is 1. The Labute approximate surface area is 119 Å². The van der Waals surface area contributed by atoms with Crippen LogP contribution in [0.25, 0.3) is 0 Å². The maximum Gasteiger partial charge on any atom is 0.141 e. The van der Waals surface area contributed by atoms with Crippen LogP contribution in [0.1, 0.15) is 32.0 Å². The van der Waals surface area contributed by atoms with Gasteiger partial charge in [0.2, 0.25) is 0 Å². The van der Waals surface area contributed by atoms with Crippen LogP contribution in [0.2, 0.25) is 0 Å². The first kappa shape index (κ1) is 14.8. The van der Waals surface area contributed by atoms with Crippen molar-refractivity contribution in [2.75, 3.05) is 25.6 Å². The molecule has 0 aliphatic carbocycles. The van der Waals surface area contributed by atoms with Gasteiger partial charge in [-0.2, -0.15) is 5.10 Å². The fraction of sp³-hybridized carbons (Fsp3) is 0.846. The first-order valence-corrected chi connectivity index (χ1v) is 7.63. The Hall–Kier alpha value is -0.650. The Bertz CT molecular complexity index is 363. The van der Waals surface area contributed by atoms with E-state index in [9.17, 15) is 0 Å². The Morgan fingerprint density at radius 1 is 1.42 bits per heavy atom. The van der Waals surface area contributed by atoms with Crippen molar-refractivity contribution in [1.29, 1.82) is 0 Å². The molecule has 1 aliphatic heterocycles. The second kappa shape index (κ2) is 7.82. The van der Waals surface area contributed by atoms with Crippen LogP contribution in [0, 0.1) is 0 Å². The van der Waals surface area contributed by atoms with Gasteiger partial charge in [-0.05, 0) is 19.3 Å². The Balaban J connectivity index is 1.77. The summed E-state index contributed by atoms with van der Waals surface area (Å²) in [5.74, 6) is 1.65. The highest BCUT2D eigenvalue weighted by Crippen LogP contribution is 2.15. The van der Waals surface area contributed by atoms with Crippen LogP contribution in [-0.4, -0.2) is 51.3 Å². The number of piperidine rings is 1. The van der Waals surface area contributed by atoms with Crippen molar-refractivity contribution in [3.8, 4) is 0 Å². The number of aryl methyl sites for hydroxylation is 1. The molecule has 0 atom stereocenters. The zero-order valence-corrected chi connectivity index (χ0v) is 12.3. The van der Waals surface area contributed by atoms with E-state index >= 15 is 0 Å². The molecule has 2 rings (SSSR count).